The van der Waals surface area contributed by atoms with Gasteiger partial charge in [0.1, 0.15) is 5.82 Å². The number of carbonyl (C=O) groups is 1. The summed E-state index contributed by atoms with van der Waals surface area (Å²) >= 11 is 0. The van der Waals surface area contributed by atoms with Crippen LogP contribution in [-0.2, 0) is 27.2 Å². The molecular weight excluding hydrogens is 390 g/mol. The van der Waals surface area contributed by atoms with E-state index in [-0.39, 0.29) is 17.9 Å². The molecule has 2 aliphatic heterocycles. The van der Waals surface area contributed by atoms with Gasteiger partial charge in [-0.05, 0) is 68.2 Å². The molecule has 2 fully saturated rings. The molecule has 1 aromatic carbocycles. The zero-order valence-electron chi connectivity index (χ0n) is 18.2. The van der Waals surface area contributed by atoms with Gasteiger partial charge in [-0.3, -0.25) is 4.79 Å². The first-order valence-corrected chi connectivity index (χ1v) is 11.5. The molecule has 1 saturated heterocycles. The Bertz CT molecular complexity index is 933. The summed E-state index contributed by atoms with van der Waals surface area (Å²) in [4.78, 5) is 20.3. The highest BCUT2D eigenvalue weighted by atomic mass is 16.5. The van der Waals surface area contributed by atoms with Crippen LogP contribution in [0.15, 0.2) is 36.5 Å². The van der Waals surface area contributed by atoms with Crippen molar-refractivity contribution in [1.29, 1.82) is 0 Å². The van der Waals surface area contributed by atoms with Gasteiger partial charge >= 0.3 is 0 Å². The standard InChI is InChI=1S/C25H31N3O3/c1-30-21-7-5-19(6-8-21)25(29)28-15-20-3-2-11-26-24(20)27-22-9-4-17(14-23(22)28)13-18-10-12-31-16-18/h2-4,9,11,14,18-19,21H,5-8,10,12-13,15-16H2,1H3,(H,26,27). The Balaban J connectivity index is 1.46. The van der Waals surface area contributed by atoms with Crippen LogP contribution >= 0.6 is 0 Å². The molecule has 1 unspecified atom stereocenters. The van der Waals surface area contributed by atoms with Crippen molar-refractivity contribution < 1.29 is 14.3 Å². The molecule has 5 rings (SSSR count). The lowest BCUT2D eigenvalue weighted by Crippen LogP contribution is -2.38. The minimum atomic E-state index is 0.0457. The zero-order valence-corrected chi connectivity index (χ0v) is 18.2. The molecule has 6 heteroatoms. The lowest BCUT2D eigenvalue weighted by atomic mass is 9.86. The van der Waals surface area contributed by atoms with Gasteiger partial charge in [-0.15, -0.1) is 0 Å². The first-order valence-electron chi connectivity index (χ1n) is 11.5. The molecule has 164 valence electrons. The minimum Gasteiger partial charge on any atom is -0.381 e. The maximum absolute atomic E-state index is 13.7. The summed E-state index contributed by atoms with van der Waals surface area (Å²) in [6.07, 6.45) is 7.84. The summed E-state index contributed by atoms with van der Waals surface area (Å²) in [5, 5.41) is 3.48. The maximum atomic E-state index is 13.7. The molecular formula is C25H31N3O3. The molecule has 1 N–H and O–H groups in total. The molecule has 6 nitrogen and oxygen atoms in total. The Morgan fingerprint density at radius 2 is 2.10 bits per heavy atom. The second-order valence-electron chi connectivity index (χ2n) is 9.06. The fraction of sp³-hybridized carbons (Fsp3) is 0.520. The molecule has 3 aliphatic rings. The predicted octanol–water partition coefficient (Wildman–Crippen LogP) is 4.46. The number of hydrogen-bond acceptors (Lipinski definition) is 5. The van der Waals surface area contributed by atoms with Gasteiger partial charge in [0.15, 0.2) is 0 Å². The number of carbonyl (C=O) groups excluding carboxylic acids is 1. The normalized spacial score (nSPS) is 25.3. The quantitative estimate of drug-likeness (QED) is 0.790. The monoisotopic (exact) mass is 421 g/mol. The van der Waals surface area contributed by atoms with Crippen LogP contribution < -0.4 is 10.2 Å². The molecule has 0 spiro atoms. The lowest BCUT2D eigenvalue weighted by Gasteiger charge is -2.32. The van der Waals surface area contributed by atoms with Crippen molar-refractivity contribution in [2.24, 2.45) is 11.8 Å². The molecule has 3 heterocycles. The van der Waals surface area contributed by atoms with Crippen molar-refractivity contribution >= 4 is 23.1 Å². The number of amides is 1. The average Bonchev–Trinajstić information content (AvgIpc) is 3.26. The van der Waals surface area contributed by atoms with Gasteiger partial charge < -0.3 is 19.7 Å². The van der Waals surface area contributed by atoms with E-state index in [1.165, 1.54) is 5.56 Å². The van der Waals surface area contributed by atoms with E-state index in [1.807, 2.05) is 11.0 Å². The van der Waals surface area contributed by atoms with E-state index in [1.54, 1.807) is 13.3 Å². The van der Waals surface area contributed by atoms with Crippen LogP contribution in [0.4, 0.5) is 17.2 Å². The second-order valence-corrected chi connectivity index (χ2v) is 9.06. The smallest absolute Gasteiger partial charge is 0.230 e. The number of aromatic nitrogens is 1. The predicted molar refractivity (Wildman–Crippen MR) is 121 cm³/mol. The fourth-order valence-electron chi connectivity index (χ4n) is 5.14. The Morgan fingerprint density at radius 1 is 1.23 bits per heavy atom. The van der Waals surface area contributed by atoms with Gasteiger partial charge in [0.2, 0.25) is 5.91 Å². The van der Waals surface area contributed by atoms with Crippen molar-refractivity contribution in [2.45, 2.75) is 51.2 Å². The van der Waals surface area contributed by atoms with Crippen LogP contribution in [-0.4, -0.2) is 37.3 Å². The molecule has 1 aliphatic carbocycles. The number of anilines is 3. The number of hydrogen-bond donors (Lipinski definition) is 1. The van der Waals surface area contributed by atoms with Gasteiger partial charge in [-0.25, -0.2) is 4.98 Å². The molecule has 1 amide bonds. The summed E-state index contributed by atoms with van der Waals surface area (Å²) in [5.74, 6) is 1.66. The number of benzene rings is 1. The highest BCUT2D eigenvalue weighted by molar-refractivity contribution is 5.99. The number of ether oxygens (including phenoxy) is 2. The van der Waals surface area contributed by atoms with Gasteiger partial charge in [-0.1, -0.05) is 12.1 Å². The number of nitrogens with one attached hydrogen (secondary N) is 1. The number of fused-ring (bicyclic) bond motifs is 2. The number of pyridine rings is 1. The van der Waals surface area contributed by atoms with Crippen LogP contribution in [0, 0.1) is 11.8 Å². The third-order valence-electron chi connectivity index (χ3n) is 7.00. The van der Waals surface area contributed by atoms with Crippen molar-refractivity contribution in [3.63, 3.8) is 0 Å². The Morgan fingerprint density at radius 3 is 2.87 bits per heavy atom. The fourth-order valence-corrected chi connectivity index (χ4v) is 5.14. The van der Waals surface area contributed by atoms with Gasteiger partial charge in [0.25, 0.3) is 0 Å². The first kappa shape index (κ1) is 20.5. The lowest BCUT2D eigenvalue weighted by molar-refractivity contribution is -0.124. The zero-order chi connectivity index (χ0) is 21.2. The van der Waals surface area contributed by atoms with E-state index >= 15 is 0 Å². The molecule has 0 radical (unpaired) electrons. The van der Waals surface area contributed by atoms with Crippen molar-refractivity contribution in [1.82, 2.24) is 4.98 Å². The number of rotatable bonds is 4. The third kappa shape index (κ3) is 4.32. The van der Waals surface area contributed by atoms with E-state index in [9.17, 15) is 4.79 Å². The summed E-state index contributed by atoms with van der Waals surface area (Å²) in [7, 11) is 1.77. The van der Waals surface area contributed by atoms with E-state index in [0.717, 1.165) is 74.5 Å². The highest BCUT2D eigenvalue weighted by Crippen LogP contribution is 2.38. The summed E-state index contributed by atoms with van der Waals surface area (Å²) in [6.45, 7) is 2.23. The maximum Gasteiger partial charge on any atom is 0.230 e. The van der Waals surface area contributed by atoms with Crippen LogP contribution in [0.5, 0.6) is 0 Å². The Hall–Kier alpha value is -2.44. The second kappa shape index (κ2) is 8.97. The van der Waals surface area contributed by atoms with Gasteiger partial charge in [-0.2, -0.15) is 0 Å². The van der Waals surface area contributed by atoms with Crippen LogP contribution in [0.25, 0.3) is 0 Å². The van der Waals surface area contributed by atoms with E-state index in [4.69, 9.17) is 9.47 Å². The van der Waals surface area contributed by atoms with Crippen LogP contribution in [0.1, 0.15) is 43.2 Å². The number of methoxy groups -OCH3 is 1. The summed E-state index contributed by atoms with van der Waals surface area (Å²) in [6, 6.07) is 10.5. The van der Waals surface area contributed by atoms with Crippen LogP contribution in [0.2, 0.25) is 0 Å². The topological polar surface area (TPSA) is 63.7 Å². The van der Waals surface area contributed by atoms with Gasteiger partial charge in [0.05, 0.1) is 24.0 Å². The first-order chi connectivity index (χ1) is 15.2. The molecule has 31 heavy (non-hydrogen) atoms. The summed E-state index contributed by atoms with van der Waals surface area (Å²) in [5.41, 5.74) is 4.22. The van der Waals surface area contributed by atoms with Crippen LogP contribution in [0.3, 0.4) is 0 Å². The molecule has 1 saturated carbocycles. The van der Waals surface area contributed by atoms with E-state index in [0.29, 0.717) is 12.5 Å². The third-order valence-corrected chi connectivity index (χ3v) is 7.00. The molecule has 1 atom stereocenters. The Labute approximate surface area is 183 Å². The van der Waals surface area contributed by atoms with Gasteiger partial charge in [0, 0.05) is 38.0 Å². The van der Waals surface area contributed by atoms with E-state index in [2.05, 4.69) is 34.6 Å². The number of nitrogens with zero attached hydrogens (tertiary/aromatic N) is 2. The highest BCUT2D eigenvalue weighted by Gasteiger charge is 2.33. The van der Waals surface area contributed by atoms with Crippen molar-refractivity contribution in [3.05, 3.63) is 47.7 Å². The molecule has 0 bridgehead atoms. The average molecular weight is 422 g/mol. The minimum absolute atomic E-state index is 0.0457. The van der Waals surface area contributed by atoms with Crippen molar-refractivity contribution in [3.8, 4) is 0 Å². The SMILES string of the molecule is COC1CCC(C(=O)N2Cc3cccnc3Nc3ccc(CC4CCOC4)cc32)CC1. The largest absolute Gasteiger partial charge is 0.381 e. The van der Waals surface area contributed by atoms with E-state index < -0.39 is 0 Å². The molecule has 2 aromatic rings. The molecule has 1 aromatic heterocycles. The Kier molecular flexibility index (Phi) is 5.92. The van der Waals surface area contributed by atoms with Crippen molar-refractivity contribution in [2.75, 3.05) is 30.5 Å². The summed E-state index contributed by atoms with van der Waals surface area (Å²) < 4.78 is 11.1.